The van der Waals surface area contributed by atoms with Gasteiger partial charge in [-0.2, -0.15) is 23.3 Å². The van der Waals surface area contributed by atoms with Crippen LogP contribution in [0.1, 0.15) is 36.5 Å². The van der Waals surface area contributed by atoms with E-state index in [0.717, 1.165) is 18.2 Å². The number of benzene rings is 1. The molecule has 26 heavy (non-hydrogen) atoms. The molecule has 1 aliphatic carbocycles. The van der Waals surface area contributed by atoms with Crippen LogP contribution in [0.25, 0.3) is 0 Å². The Labute approximate surface area is 146 Å². The zero-order chi connectivity index (χ0) is 19.3. The van der Waals surface area contributed by atoms with Gasteiger partial charge in [0.05, 0.1) is 10.8 Å². The Morgan fingerprint density at radius 3 is 2.73 bits per heavy atom. The van der Waals surface area contributed by atoms with Crippen molar-refractivity contribution in [2.75, 3.05) is 0 Å². The molecule has 0 spiro atoms. The molecule has 1 saturated carbocycles. The summed E-state index contributed by atoms with van der Waals surface area (Å²) in [6, 6.07) is 4.32. The van der Waals surface area contributed by atoms with Crippen LogP contribution in [0.2, 0.25) is 0 Å². The number of nitrogens with zero attached hydrogens (tertiary/aromatic N) is 3. The summed E-state index contributed by atoms with van der Waals surface area (Å²) >= 11 is 0. The fraction of sp³-hybridized carbons (Fsp3) is 0.500. The number of aliphatic hydroxyl groups is 1. The minimum absolute atomic E-state index is 0.0495. The van der Waals surface area contributed by atoms with Crippen LogP contribution in [0.15, 0.2) is 29.4 Å². The van der Waals surface area contributed by atoms with Gasteiger partial charge in [0.2, 0.25) is 0 Å². The standard InChI is InChI=1S/C16H16F3N3O4/c1-9-4-2-7-12-13(9)20-21(15(12,24)16(17,18)19)14(23)10-5-3-6-11(8-10)22(25)26/h3,5-6,8-9,12,24H,2,4,7H2,1H3/t9-,12-,15+/m1/s1. The molecule has 0 saturated heterocycles. The summed E-state index contributed by atoms with van der Waals surface area (Å²) in [7, 11) is 0. The Morgan fingerprint density at radius 1 is 1.42 bits per heavy atom. The number of nitro groups is 1. The number of halogens is 3. The van der Waals surface area contributed by atoms with E-state index in [1.807, 2.05) is 0 Å². The number of hydrogen-bond acceptors (Lipinski definition) is 5. The summed E-state index contributed by atoms with van der Waals surface area (Å²) in [6.45, 7) is 1.70. The molecule has 1 heterocycles. The number of nitro benzene ring substituents is 1. The van der Waals surface area contributed by atoms with E-state index in [0.29, 0.717) is 12.8 Å². The van der Waals surface area contributed by atoms with Gasteiger partial charge in [0.15, 0.2) is 0 Å². The van der Waals surface area contributed by atoms with E-state index < -0.39 is 34.3 Å². The molecule has 1 fully saturated rings. The van der Waals surface area contributed by atoms with Crippen LogP contribution in [-0.2, 0) is 0 Å². The van der Waals surface area contributed by atoms with Crippen LogP contribution >= 0.6 is 0 Å². The average Bonchev–Trinajstić information content (AvgIpc) is 2.90. The number of alkyl halides is 3. The van der Waals surface area contributed by atoms with Crippen LogP contribution in [-0.4, -0.2) is 38.6 Å². The lowest BCUT2D eigenvalue weighted by Gasteiger charge is -2.39. The third kappa shape index (κ3) is 2.64. The van der Waals surface area contributed by atoms with Gasteiger partial charge in [-0.1, -0.05) is 19.4 Å². The lowest BCUT2D eigenvalue weighted by atomic mass is 9.75. The van der Waals surface area contributed by atoms with Crippen molar-refractivity contribution in [1.82, 2.24) is 5.01 Å². The second-order valence-corrected chi connectivity index (χ2v) is 6.56. The lowest BCUT2D eigenvalue weighted by Crippen LogP contribution is -2.61. The van der Waals surface area contributed by atoms with E-state index in [9.17, 15) is 33.2 Å². The van der Waals surface area contributed by atoms with E-state index in [2.05, 4.69) is 5.10 Å². The van der Waals surface area contributed by atoms with Gasteiger partial charge in [-0.3, -0.25) is 14.9 Å². The predicted molar refractivity (Wildman–Crippen MR) is 84.2 cm³/mol. The summed E-state index contributed by atoms with van der Waals surface area (Å²) in [5.41, 5.74) is -4.12. The highest BCUT2D eigenvalue weighted by molar-refractivity contribution is 6.00. The van der Waals surface area contributed by atoms with Gasteiger partial charge >= 0.3 is 6.18 Å². The van der Waals surface area contributed by atoms with Crippen molar-refractivity contribution in [1.29, 1.82) is 0 Å². The van der Waals surface area contributed by atoms with Crippen LogP contribution in [0.5, 0.6) is 0 Å². The summed E-state index contributed by atoms with van der Waals surface area (Å²) < 4.78 is 41.3. The maximum absolute atomic E-state index is 13.8. The fourth-order valence-electron chi connectivity index (χ4n) is 3.58. The second-order valence-electron chi connectivity index (χ2n) is 6.56. The van der Waals surface area contributed by atoms with Crippen molar-refractivity contribution in [2.45, 2.75) is 38.1 Å². The highest BCUT2D eigenvalue weighted by atomic mass is 19.4. The number of hydrogen-bond donors (Lipinski definition) is 1. The zero-order valence-electron chi connectivity index (χ0n) is 13.7. The molecule has 2 aliphatic rings. The van der Waals surface area contributed by atoms with Crippen molar-refractivity contribution < 1.29 is 28.0 Å². The number of carbonyl (C=O) groups excluding carboxylic acids is 1. The van der Waals surface area contributed by atoms with Gasteiger partial charge < -0.3 is 5.11 Å². The molecule has 1 aromatic rings. The molecule has 1 aliphatic heterocycles. The Kier molecular flexibility index (Phi) is 4.26. The first-order valence-electron chi connectivity index (χ1n) is 8.04. The van der Waals surface area contributed by atoms with Crippen LogP contribution in [0.4, 0.5) is 18.9 Å². The van der Waals surface area contributed by atoms with Gasteiger partial charge in [0.1, 0.15) is 0 Å². The molecule has 3 rings (SSSR count). The van der Waals surface area contributed by atoms with Gasteiger partial charge in [0, 0.05) is 23.4 Å². The lowest BCUT2D eigenvalue weighted by molar-refractivity contribution is -0.384. The molecule has 140 valence electrons. The first-order chi connectivity index (χ1) is 12.1. The smallest absolute Gasteiger partial charge is 0.362 e. The van der Waals surface area contributed by atoms with E-state index >= 15 is 0 Å². The largest absolute Gasteiger partial charge is 0.439 e. The van der Waals surface area contributed by atoms with Crippen molar-refractivity contribution >= 4 is 17.3 Å². The maximum atomic E-state index is 13.8. The highest BCUT2D eigenvalue weighted by Crippen LogP contribution is 2.49. The third-order valence-corrected chi connectivity index (χ3v) is 4.93. The highest BCUT2D eigenvalue weighted by Gasteiger charge is 2.69. The Morgan fingerprint density at radius 2 is 2.12 bits per heavy atom. The van der Waals surface area contributed by atoms with Crippen molar-refractivity contribution in [3.63, 3.8) is 0 Å². The minimum atomic E-state index is -5.13. The second kappa shape index (κ2) is 6.04. The van der Waals surface area contributed by atoms with E-state index in [1.165, 1.54) is 6.07 Å². The molecule has 3 atom stereocenters. The van der Waals surface area contributed by atoms with Gasteiger partial charge in [0.25, 0.3) is 17.3 Å². The van der Waals surface area contributed by atoms with Crippen molar-refractivity contribution in [3.8, 4) is 0 Å². The number of carbonyl (C=O) groups is 1. The number of fused-ring (bicyclic) bond motifs is 1. The quantitative estimate of drug-likeness (QED) is 0.638. The Bertz CT molecular complexity index is 795. The van der Waals surface area contributed by atoms with Crippen molar-refractivity contribution in [3.05, 3.63) is 39.9 Å². The Hall–Kier alpha value is -2.49. The van der Waals surface area contributed by atoms with Gasteiger partial charge in [-0.05, 0) is 24.8 Å². The molecular weight excluding hydrogens is 355 g/mol. The molecule has 0 unspecified atom stereocenters. The molecule has 0 aromatic heterocycles. The SMILES string of the molecule is C[C@@H]1CCC[C@@H]2C1=NN(C(=O)c1cccc([N+](=O)[O-])c1)[C@@]2(O)C(F)(F)F. The number of amides is 1. The van der Waals surface area contributed by atoms with Crippen LogP contribution in [0.3, 0.4) is 0 Å². The van der Waals surface area contributed by atoms with Crippen LogP contribution < -0.4 is 0 Å². The molecule has 1 amide bonds. The Balaban J connectivity index is 2.07. The van der Waals surface area contributed by atoms with Crippen molar-refractivity contribution in [2.24, 2.45) is 16.9 Å². The first kappa shape index (κ1) is 18.3. The maximum Gasteiger partial charge on any atom is 0.439 e. The molecular formula is C16H16F3N3O4. The summed E-state index contributed by atoms with van der Waals surface area (Å²) in [5, 5.41) is 25.3. The molecule has 7 nitrogen and oxygen atoms in total. The van der Waals surface area contributed by atoms with E-state index in [4.69, 9.17) is 0 Å². The molecule has 0 bridgehead atoms. The normalized spacial score (nSPS) is 28.5. The summed E-state index contributed by atoms with van der Waals surface area (Å²) in [5.74, 6) is -2.87. The van der Waals surface area contributed by atoms with E-state index in [-0.39, 0.29) is 28.6 Å². The minimum Gasteiger partial charge on any atom is -0.362 e. The fourth-order valence-corrected chi connectivity index (χ4v) is 3.58. The number of rotatable bonds is 2. The number of hydrazone groups is 1. The third-order valence-electron chi connectivity index (χ3n) is 4.93. The predicted octanol–water partition coefficient (Wildman–Crippen LogP) is 3.09. The van der Waals surface area contributed by atoms with Crippen LogP contribution in [0, 0.1) is 22.0 Å². The van der Waals surface area contributed by atoms with E-state index in [1.54, 1.807) is 6.92 Å². The monoisotopic (exact) mass is 371 g/mol. The molecule has 1 aromatic carbocycles. The molecule has 10 heteroatoms. The first-order valence-corrected chi connectivity index (χ1v) is 8.04. The van der Waals surface area contributed by atoms with Gasteiger partial charge in [-0.15, -0.1) is 0 Å². The molecule has 0 radical (unpaired) electrons. The average molecular weight is 371 g/mol. The van der Waals surface area contributed by atoms with Gasteiger partial charge in [-0.25, -0.2) is 0 Å². The summed E-state index contributed by atoms with van der Waals surface area (Å²) in [4.78, 5) is 22.8. The zero-order valence-corrected chi connectivity index (χ0v) is 13.7. The number of non-ortho nitro benzene ring substituents is 1. The topological polar surface area (TPSA) is 96.0 Å². The summed E-state index contributed by atoms with van der Waals surface area (Å²) in [6.07, 6.45) is -3.99. The molecule has 1 N–H and O–H groups in total.